The zero-order valence-electron chi connectivity index (χ0n) is 8.44. The smallest absolute Gasteiger partial charge is 0.200 e. The van der Waals surface area contributed by atoms with Crippen molar-refractivity contribution >= 4 is 17.5 Å². The van der Waals surface area contributed by atoms with Gasteiger partial charge in [0.15, 0.2) is 5.95 Å². The molecule has 0 unspecified atom stereocenters. The van der Waals surface area contributed by atoms with Gasteiger partial charge in [0.1, 0.15) is 0 Å². The third kappa shape index (κ3) is 2.30. The van der Waals surface area contributed by atoms with E-state index in [0.717, 1.165) is 17.1 Å². The number of nitrogens with two attached hydrogens (primary N) is 1. The number of hydrogen-bond acceptors (Lipinski definition) is 2. The van der Waals surface area contributed by atoms with Gasteiger partial charge in [-0.2, -0.15) is 0 Å². The predicted octanol–water partition coefficient (Wildman–Crippen LogP) is 2.25. The van der Waals surface area contributed by atoms with E-state index in [4.69, 9.17) is 17.3 Å². The van der Waals surface area contributed by atoms with Crippen LogP contribution in [-0.4, -0.2) is 9.55 Å². The number of benzene rings is 1. The van der Waals surface area contributed by atoms with Crippen LogP contribution in [0.25, 0.3) is 0 Å². The number of aryl methyl sites for hydroxylation is 1. The van der Waals surface area contributed by atoms with Crippen LogP contribution in [0, 0.1) is 0 Å². The molecule has 0 fully saturated rings. The molecule has 0 spiro atoms. The summed E-state index contributed by atoms with van der Waals surface area (Å²) >= 11 is 5.80. The molecule has 0 saturated carbocycles. The lowest BCUT2D eigenvalue weighted by Crippen LogP contribution is -1.94. The van der Waals surface area contributed by atoms with E-state index < -0.39 is 0 Å². The van der Waals surface area contributed by atoms with E-state index in [1.165, 1.54) is 5.56 Å². The van der Waals surface area contributed by atoms with E-state index in [9.17, 15) is 0 Å². The summed E-state index contributed by atoms with van der Waals surface area (Å²) in [5, 5.41) is 0.749. The van der Waals surface area contributed by atoms with Gasteiger partial charge in [0.05, 0.1) is 5.69 Å². The fourth-order valence-electron chi connectivity index (χ4n) is 1.44. The first-order valence-electron chi connectivity index (χ1n) is 4.67. The molecule has 4 heteroatoms. The maximum atomic E-state index is 5.80. The molecular formula is C11H12ClN3. The normalized spacial score (nSPS) is 10.5. The highest BCUT2D eigenvalue weighted by Gasteiger charge is 2.02. The summed E-state index contributed by atoms with van der Waals surface area (Å²) in [6.45, 7) is 0. The molecular weight excluding hydrogens is 210 g/mol. The molecule has 0 radical (unpaired) electrons. The lowest BCUT2D eigenvalue weighted by Gasteiger charge is -1.97. The Morgan fingerprint density at radius 1 is 1.33 bits per heavy atom. The fraction of sp³-hybridized carbons (Fsp3) is 0.182. The molecule has 0 aliphatic rings. The van der Waals surface area contributed by atoms with Crippen LogP contribution in [0.1, 0.15) is 11.3 Å². The standard InChI is InChI=1S/C11H12ClN3/c1-15-7-10(14-11(15)13)6-8-2-4-9(12)5-3-8/h2-5,7H,6H2,1H3,(H2,13,14). The van der Waals surface area contributed by atoms with Crippen molar-refractivity contribution < 1.29 is 0 Å². The maximum Gasteiger partial charge on any atom is 0.200 e. The third-order valence-corrected chi connectivity index (χ3v) is 2.51. The topological polar surface area (TPSA) is 43.8 Å². The number of anilines is 1. The van der Waals surface area contributed by atoms with Gasteiger partial charge in [0.25, 0.3) is 0 Å². The van der Waals surface area contributed by atoms with Crippen LogP contribution in [0.5, 0.6) is 0 Å². The van der Waals surface area contributed by atoms with Crippen LogP contribution in [0.15, 0.2) is 30.5 Å². The number of aromatic nitrogens is 2. The molecule has 1 aromatic carbocycles. The fourth-order valence-corrected chi connectivity index (χ4v) is 1.57. The molecule has 0 aliphatic carbocycles. The summed E-state index contributed by atoms with van der Waals surface area (Å²) in [7, 11) is 1.88. The number of nitrogen functional groups attached to an aromatic ring is 1. The van der Waals surface area contributed by atoms with Crippen LogP contribution in [0.3, 0.4) is 0 Å². The van der Waals surface area contributed by atoms with Gasteiger partial charge in [-0.15, -0.1) is 0 Å². The zero-order valence-corrected chi connectivity index (χ0v) is 9.20. The van der Waals surface area contributed by atoms with E-state index in [2.05, 4.69) is 4.98 Å². The summed E-state index contributed by atoms with van der Waals surface area (Å²) in [4.78, 5) is 4.24. The van der Waals surface area contributed by atoms with Gasteiger partial charge < -0.3 is 10.3 Å². The number of nitrogens with zero attached hydrogens (tertiary/aromatic N) is 2. The molecule has 0 aliphatic heterocycles. The van der Waals surface area contributed by atoms with Gasteiger partial charge in [0.2, 0.25) is 0 Å². The second-order valence-corrected chi connectivity index (χ2v) is 3.94. The Hall–Kier alpha value is -1.48. The van der Waals surface area contributed by atoms with Crippen molar-refractivity contribution in [3.05, 3.63) is 46.7 Å². The minimum atomic E-state index is 0.541. The Balaban J connectivity index is 2.18. The van der Waals surface area contributed by atoms with Gasteiger partial charge in [0, 0.05) is 24.7 Å². The average molecular weight is 222 g/mol. The highest BCUT2D eigenvalue weighted by Crippen LogP contribution is 2.13. The summed E-state index contributed by atoms with van der Waals surface area (Å²) < 4.78 is 1.81. The summed E-state index contributed by atoms with van der Waals surface area (Å²) in [6, 6.07) is 7.74. The quantitative estimate of drug-likeness (QED) is 0.846. The maximum absolute atomic E-state index is 5.80. The Morgan fingerprint density at radius 3 is 2.53 bits per heavy atom. The lowest BCUT2D eigenvalue weighted by molar-refractivity contribution is 0.928. The number of rotatable bonds is 2. The van der Waals surface area contributed by atoms with Crippen molar-refractivity contribution in [3.63, 3.8) is 0 Å². The lowest BCUT2D eigenvalue weighted by atomic mass is 10.1. The molecule has 1 heterocycles. The third-order valence-electron chi connectivity index (χ3n) is 2.26. The van der Waals surface area contributed by atoms with Crippen LogP contribution >= 0.6 is 11.6 Å². The van der Waals surface area contributed by atoms with Crippen molar-refractivity contribution in [1.82, 2.24) is 9.55 Å². The number of hydrogen-bond donors (Lipinski definition) is 1. The average Bonchev–Trinajstić information content (AvgIpc) is 2.50. The first kappa shape index (κ1) is 10.1. The highest BCUT2D eigenvalue weighted by molar-refractivity contribution is 6.30. The predicted molar refractivity (Wildman–Crippen MR) is 61.9 cm³/mol. The Labute approximate surface area is 93.5 Å². The summed E-state index contributed by atoms with van der Waals surface area (Å²) in [5.41, 5.74) is 7.80. The van der Waals surface area contributed by atoms with Crippen LogP contribution < -0.4 is 5.73 Å². The van der Waals surface area contributed by atoms with Gasteiger partial charge in [-0.05, 0) is 17.7 Å². The molecule has 15 heavy (non-hydrogen) atoms. The number of halogens is 1. The second kappa shape index (κ2) is 3.95. The minimum absolute atomic E-state index is 0.541. The van der Waals surface area contributed by atoms with Gasteiger partial charge in [-0.1, -0.05) is 23.7 Å². The molecule has 3 nitrogen and oxygen atoms in total. The van der Waals surface area contributed by atoms with E-state index >= 15 is 0 Å². The largest absolute Gasteiger partial charge is 0.369 e. The summed E-state index contributed by atoms with van der Waals surface area (Å²) in [6.07, 6.45) is 2.71. The molecule has 0 amide bonds. The first-order valence-corrected chi connectivity index (χ1v) is 5.05. The molecule has 0 bridgehead atoms. The van der Waals surface area contributed by atoms with Crippen LogP contribution in [-0.2, 0) is 13.5 Å². The van der Waals surface area contributed by atoms with Gasteiger partial charge in [-0.25, -0.2) is 4.98 Å². The molecule has 0 atom stereocenters. The first-order chi connectivity index (χ1) is 7.15. The minimum Gasteiger partial charge on any atom is -0.369 e. The van der Waals surface area contributed by atoms with Crippen molar-refractivity contribution in [2.24, 2.45) is 7.05 Å². The number of imidazole rings is 1. The van der Waals surface area contributed by atoms with Gasteiger partial charge in [-0.3, -0.25) is 0 Å². The van der Waals surface area contributed by atoms with E-state index in [0.29, 0.717) is 5.95 Å². The van der Waals surface area contributed by atoms with Gasteiger partial charge >= 0.3 is 0 Å². The van der Waals surface area contributed by atoms with Crippen molar-refractivity contribution in [1.29, 1.82) is 0 Å². The van der Waals surface area contributed by atoms with E-state index in [-0.39, 0.29) is 0 Å². The second-order valence-electron chi connectivity index (χ2n) is 3.50. The highest BCUT2D eigenvalue weighted by atomic mass is 35.5. The SMILES string of the molecule is Cn1cc(Cc2ccc(Cl)cc2)nc1N. The van der Waals surface area contributed by atoms with Crippen molar-refractivity contribution in [3.8, 4) is 0 Å². The molecule has 2 N–H and O–H groups in total. The molecule has 2 aromatic rings. The van der Waals surface area contributed by atoms with Crippen molar-refractivity contribution in [2.75, 3.05) is 5.73 Å². The molecule has 2 rings (SSSR count). The zero-order chi connectivity index (χ0) is 10.8. The van der Waals surface area contributed by atoms with Crippen LogP contribution in [0.2, 0.25) is 5.02 Å². The Bertz CT molecular complexity index is 440. The monoisotopic (exact) mass is 221 g/mol. The Morgan fingerprint density at radius 2 is 2.00 bits per heavy atom. The summed E-state index contributed by atoms with van der Waals surface area (Å²) in [5.74, 6) is 0.541. The molecule has 78 valence electrons. The molecule has 1 aromatic heterocycles. The Kier molecular flexibility index (Phi) is 2.64. The van der Waals surface area contributed by atoms with E-state index in [1.54, 1.807) is 0 Å². The van der Waals surface area contributed by atoms with E-state index in [1.807, 2.05) is 42.1 Å². The molecule has 0 saturated heterocycles. The van der Waals surface area contributed by atoms with Crippen molar-refractivity contribution in [2.45, 2.75) is 6.42 Å². The van der Waals surface area contributed by atoms with Crippen LogP contribution in [0.4, 0.5) is 5.95 Å².